The van der Waals surface area contributed by atoms with Gasteiger partial charge in [-0.05, 0) is 52.3 Å². The molecule has 19 heavy (non-hydrogen) atoms. The van der Waals surface area contributed by atoms with Gasteiger partial charge < -0.3 is 16.2 Å². The van der Waals surface area contributed by atoms with Gasteiger partial charge in [-0.15, -0.1) is 0 Å². The second-order valence-electron chi connectivity index (χ2n) is 3.86. The summed E-state index contributed by atoms with van der Waals surface area (Å²) in [4.78, 5) is 12.1. The van der Waals surface area contributed by atoms with Crippen LogP contribution in [0, 0.1) is 0 Å². The number of hydrogen-bond donors (Lipinski definition) is 3. The van der Waals surface area contributed by atoms with Crippen LogP contribution >= 0.6 is 27.5 Å². The fourth-order valence-electron chi connectivity index (χ4n) is 1.50. The van der Waals surface area contributed by atoms with Crippen molar-refractivity contribution in [1.82, 2.24) is 0 Å². The Hall–Kier alpha value is -1.72. The van der Waals surface area contributed by atoms with Crippen molar-refractivity contribution in [1.29, 1.82) is 0 Å². The predicted molar refractivity (Wildman–Crippen MR) is 79.6 cm³/mol. The van der Waals surface area contributed by atoms with Crippen molar-refractivity contribution in [3.05, 3.63) is 51.5 Å². The minimum absolute atomic E-state index is 0.0372. The van der Waals surface area contributed by atoms with Crippen molar-refractivity contribution in [2.75, 3.05) is 11.1 Å². The molecule has 2 rings (SSSR count). The number of phenols is 1. The van der Waals surface area contributed by atoms with Crippen LogP contribution in [0.15, 0.2) is 40.9 Å². The first-order valence-corrected chi connectivity index (χ1v) is 6.49. The number of nitrogen functional groups attached to an aromatic ring is 1. The van der Waals surface area contributed by atoms with Gasteiger partial charge in [0, 0.05) is 15.8 Å². The average Bonchev–Trinajstić information content (AvgIpc) is 2.36. The van der Waals surface area contributed by atoms with Crippen LogP contribution in [0.3, 0.4) is 0 Å². The van der Waals surface area contributed by atoms with E-state index in [9.17, 15) is 9.90 Å². The van der Waals surface area contributed by atoms with Crippen LogP contribution in [0.5, 0.6) is 5.75 Å². The minimum Gasteiger partial charge on any atom is -0.506 e. The van der Waals surface area contributed by atoms with E-state index in [-0.39, 0.29) is 16.7 Å². The predicted octanol–water partition coefficient (Wildman–Crippen LogP) is 3.64. The Morgan fingerprint density at radius 1 is 1.26 bits per heavy atom. The Labute approximate surface area is 123 Å². The molecule has 6 heteroatoms. The Kier molecular flexibility index (Phi) is 3.97. The lowest BCUT2D eigenvalue weighted by atomic mass is 10.2. The normalized spacial score (nSPS) is 10.2. The zero-order valence-corrected chi connectivity index (χ0v) is 12.0. The summed E-state index contributed by atoms with van der Waals surface area (Å²) in [6, 6.07) is 9.40. The standard InChI is InChI=1S/C13H10BrClN2O2/c14-10-3-1-7(16)5-9(10)13(19)17-8-2-4-12(18)11(15)6-8/h1-6,18H,16H2,(H,17,19). The summed E-state index contributed by atoms with van der Waals surface area (Å²) in [5.74, 6) is -0.356. The number of amides is 1. The largest absolute Gasteiger partial charge is 0.506 e. The summed E-state index contributed by atoms with van der Waals surface area (Å²) in [6.07, 6.45) is 0. The Morgan fingerprint density at radius 3 is 2.68 bits per heavy atom. The third-order valence-corrected chi connectivity index (χ3v) is 3.43. The van der Waals surface area contributed by atoms with Crippen molar-refractivity contribution < 1.29 is 9.90 Å². The second-order valence-corrected chi connectivity index (χ2v) is 5.12. The Bertz CT molecular complexity index is 647. The topological polar surface area (TPSA) is 75.4 Å². The molecular weight excluding hydrogens is 332 g/mol. The number of rotatable bonds is 2. The third kappa shape index (κ3) is 3.19. The number of benzene rings is 2. The molecule has 1 amide bonds. The molecule has 0 saturated heterocycles. The summed E-state index contributed by atoms with van der Waals surface area (Å²) in [7, 11) is 0. The van der Waals surface area contributed by atoms with Gasteiger partial charge in [-0.25, -0.2) is 0 Å². The van der Waals surface area contributed by atoms with Crippen LogP contribution in [0.4, 0.5) is 11.4 Å². The van der Waals surface area contributed by atoms with E-state index >= 15 is 0 Å². The molecule has 0 saturated carbocycles. The van der Waals surface area contributed by atoms with Crippen molar-refractivity contribution in [2.45, 2.75) is 0 Å². The first kappa shape index (κ1) is 13.7. The van der Waals surface area contributed by atoms with Crippen molar-refractivity contribution in [3.63, 3.8) is 0 Å². The molecule has 2 aromatic rings. The van der Waals surface area contributed by atoms with E-state index in [4.69, 9.17) is 17.3 Å². The summed E-state index contributed by atoms with van der Waals surface area (Å²) >= 11 is 9.06. The molecule has 0 aliphatic heterocycles. The number of carbonyl (C=O) groups excluding carboxylic acids is 1. The zero-order valence-electron chi connectivity index (χ0n) is 9.65. The molecule has 0 aliphatic rings. The first-order valence-electron chi connectivity index (χ1n) is 5.32. The van der Waals surface area contributed by atoms with Gasteiger partial charge in [0.15, 0.2) is 0 Å². The molecule has 0 aliphatic carbocycles. The van der Waals surface area contributed by atoms with Crippen molar-refractivity contribution in [2.24, 2.45) is 0 Å². The smallest absolute Gasteiger partial charge is 0.256 e. The minimum atomic E-state index is -0.319. The molecule has 0 fully saturated rings. The van der Waals surface area contributed by atoms with Gasteiger partial charge in [-0.2, -0.15) is 0 Å². The molecule has 4 nitrogen and oxygen atoms in total. The van der Waals surface area contributed by atoms with Crippen LogP contribution in [-0.2, 0) is 0 Å². The van der Waals surface area contributed by atoms with E-state index in [1.54, 1.807) is 24.3 Å². The maximum absolute atomic E-state index is 12.1. The maximum atomic E-state index is 12.1. The van der Waals surface area contributed by atoms with Crippen LogP contribution < -0.4 is 11.1 Å². The average molecular weight is 342 g/mol. The molecule has 0 spiro atoms. The van der Waals surface area contributed by atoms with Crippen LogP contribution in [-0.4, -0.2) is 11.0 Å². The maximum Gasteiger partial charge on any atom is 0.256 e. The third-order valence-electron chi connectivity index (χ3n) is 2.44. The van der Waals surface area contributed by atoms with Crippen molar-refractivity contribution >= 4 is 44.8 Å². The Morgan fingerprint density at radius 2 is 2.00 bits per heavy atom. The van der Waals surface area contributed by atoms with Gasteiger partial charge in [-0.3, -0.25) is 4.79 Å². The molecule has 2 aromatic carbocycles. The number of nitrogens with two attached hydrogens (primary N) is 1. The van der Waals surface area contributed by atoms with E-state index in [0.717, 1.165) is 0 Å². The second kappa shape index (κ2) is 5.50. The van der Waals surface area contributed by atoms with E-state index in [2.05, 4.69) is 21.2 Å². The number of halogens is 2. The van der Waals surface area contributed by atoms with Gasteiger partial charge in [0.05, 0.1) is 10.6 Å². The highest BCUT2D eigenvalue weighted by Gasteiger charge is 2.11. The summed E-state index contributed by atoms with van der Waals surface area (Å²) in [5, 5.41) is 12.2. The number of aromatic hydroxyl groups is 1. The molecule has 98 valence electrons. The number of nitrogens with one attached hydrogen (secondary N) is 1. The highest BCUT2D eigenvalue weighted by molar-refractivity contribution is 9.10. The van der Waals surface area contributed by atoms with Crippen LogP contribution in [0.1, 0.15) is 10.4 Å². The van der Waals surface area contributed by atoms with E-state index in [1.165, 1.54) is 12.1 Å². The van der Waals surface area contributed by atoms with Gasteiger partial charge in [-0.1, -0.05) is 11.6 Å². The van der Waals surface area contributed by atoms with Gasteiger partial charge >= 0.3 is 0 Å². The lowest BCUT2D eigenvalue weighted by Gasteiger charge is -2.08. The lowest BCUT2D eigenvalue weighted by Crippen LogP contribution is -2.12. The molecule has 0 aromatic heterocycles. The summed E-state index contributed by atoms with van der Waals surface area (Å²) in [6.45, 7) is 0. The summed E-state index contributed by atoms with van der Waals surface area (Å²) in [5.41, 5.74) is 7.05. The van der Waals surface area contributed by atoms with Gasteiger partial charge in [0.2, 0.25) is 0 Å². The van der Waals surface area contributed by atoms with E-state index in [1.807, 2.05) is 0 Å². The molecular formula is C13H10BrClN2O2. The Balaban J connectivity index is 2.25. The van der Waals surface area contributed by atoms with E-state index in [0.29, 0.717) is 21.4 Å². The highest BCUT2D eigenvalue weighted by atomic mass is 79.9. The quantitative estimate of drug-likeness (QED) is 0.576. The van der Waals surface area contributed by atoms with Crippen LogP contribution in [0.2, 0.25) is 5.02 Å². The molecule has 0 bridgehead atoms. The fraction of sp³-hybridized carbons (Fsp3) is 0. The fourth-order valence-corrected chi connectivity index (χ4v) is 2.11. The number of carbonyl (C=O) groups is 1. The highest BCUT2D eigenvalue weighted by Crippen LogP contribution is 2.27. The SMILES string of the molecule is Nc1ccc(Br)c(C(=O)Nc2ccc(O)c(Cl)c2)c1. The molecule has 4 N–H and O–H groups in total. The van der Waals surface area contributed by atoms with Crippen molar-refractivity contribution in [3.8, 4) is 5.75 Å². The summed E-state index contributed by atoms with van der Waals surface area (Å²) < 4.78 is 0.643. The number of anilines is 2. The van der Waals surface area contributed by atoms with Gasteiger partial charge in [0.25, 0.3) is 5.91 Å². The number of hydrogen-bond acceptors (Lipinski definition) is 3. The van der Waals surface area contributed by atoms with Crippen LogP contribution in [0.25, 0.3) is 0 Å². The molecule has 0 heterocycles. The zero-order chi connectivity index (χ0) is 14.0. The molecule has 0 atom stereocenters. The molecule has 0 unspecified atom stereocenters. The lowest BCUT2D eigenvalue weighted by molar-refractivity contribution is 0.102. The van der Waals surface area contributed by atoms with Gasteiger partial charge in [0.1, 0.15) is 5.75 Å². The first-order chi connectivity index (χ1) is 8.97. The van der Waals surface area contributed by atoms with E-state index < -0.39 is 0 Å². The number of phenolic OH excluding ortho intramolecular Hbond substituents is 1. The molecule has 0 radical (unpaired) electrons. The monoisotopic (exact) mass is 340 g/mol.